The van der Waals surface area contributed by atoms with Crippen molar-refractivity contribution in [1.82, 2.24) is 10.3 Å². The molecule has 1 amide bonds. The van der Waals surface area contributed by atoms with Crippen molar-refractivity contribution < 1.29 is 4.79 Å². The third-order valence-corrected chi connectivity index (χ3v) is 4.10. The average Bonchev–Trinajstić information content (AvgIpc) is 2.76. The Morgan fingerprint density at radius 1 is 1.56 bits per heavy atom. The third kappa shape index (κ3) is 3.10. The molecule has 2 heterocycles. The molecule has 0 saturated carbocycles. The summed E-state index contributed by atoms with van der Waals surface area (Å²) in [6, 6.07) is -0.0585. The number of thioether (sulfide) groups is 1. The lowest BCUT2D eigenvalue weighted by molar-refractivity contribution is -0.117. The number of anilines is 1. The van der Waals surface area contributed by atoms with Crippen molar-refractivity contribution >= 4 is 46.4 Å². The van der Waals surface area contributed by atoms with Crippen LogP contribution in [0.2, 0.25) is 0 Å². The third-order valence-electron chi connectivity index (χ3n) is 2.17. The summed E-state index contributed by atoms with van der Waals surface area (Å²) >= 11 is 3.27. The van der Waals surface area contributed by atoms with E-state index in [9.17, 15) is 4.79 Å². The Hall–Kier alpha value is -0.300. The maximum absolute atomic E-state index is 11.8. The molecule has 2 rings (SSSR count). The van der Waals surface area contributed by atoms with E-state index in [1.807, 2.05) is 13.8 Å². The summed E-state index contributed by atoms with van der Waals surface area (Å²) in [6.45, 7) is 3.85. The molecule has 90 valence electrons. The molecule has 1 saturated heterocycles. The number of rotatable bonds is 2. The number of hydrogen-bond donors (Lipinski definition) is 2. The van der Waals surface area contributed by atoms with Crippen LogP contribution in [0.1, 0.15) is 10.7 Å². The zero-order valence-corrected chi connectivity index (χ0v) is 11.5. The molecule has 0 radical (unpaired) electrons. The highest BCUT2D eigenvalue weighted by atomic mass is 35.5. The van der Waals surface area contributed by atoms with Crippen LogP contribution in [0, 0.1) is 13.8 Å². The number of hydrogen-bond acceptors (Lipinski definition) is 5. The minimum atomic E-state index is -0.0585. The molecule has 1 aliphatic heterocycles. The van der Waals surface area contributed by atoms with Gasteiger partial charge in [-0.25, -0.2) is 4.98 Å². The van der Waals surface area contributed by atoms with E-state index in [-0.39, 0.29) is 24.4 Å². The Balaban J connectivity index is 0.00000128. The summed E-state index contributed by atoms with van der Waals surface area (Å²) in [6.07, 6.45) is 0. The van der Waals surface area contributed by atoms with Gasteiger partial charge < -0.3 is 5.32 Å². The van der Waals surface area contributed by atoms with Crippen molar-refractivity contribution in [3.05, 3.63) is 10.7 Å². The number of aryl methyl sites for hydroxylation is 2. The van der Waals surface area contributed by atoms with Gasteiger partial charge in [-0.2, -0.15) is 0 Å². The average molecular weight is 280 g/mol. The van der Waals surface area contributed by atoms with E-state index < -0.39 is 0 Å². The molecular formula is C9H14ClN3OS2. The fourth-order valence-corrected chi connectivity index (χ4v) is 3.17. The summed E-state index contributed by atoms with van der Waals surface area (Å²) in [5.41, 5.74) is 0.900. The Labute approximate surface area is 109 Å². The van der Waals surface area contributed by atoms with Crippen LogP contribution >= 0.6 is 35.5 Å². The minimum absolute atomic E-state index is 0. The zero-order valence-electron chi connectivity index (χ0n) is 9.07. The van der Waals surface area contributed by atoms with E-state index in [1.54, 1.807) is 11.8 Å². The van der Waals surface area contributed by atoms with Gasteiger partial charge in [-0.15, -0.1) is 35.5 Å². The molecule has 1 fully saturated rings. The molecule has 1 aliphatic rings. The lowest BCUT2D eigenvalue weighted by Crippen LogP contribution is -2.37. The maximum atomic E-state index is 11.8. The van der Waals surface area contributed by atoms with Gasteiger partial charge in [0.25, 0.3) is 0 Å². The Bertz CT molecular complexity index is 377. The molecule has 1 unspecified atom stereocenters. The van der Waals surface area contributed by atoms with E-state index >= 15 is 0 Å². The number of nitrogens with zero attached hydrogens (tertiary/aromatic N) is 1. The second kappa shape index (κ2) is 5.86. The highest BCUT2D eigenvalue weighted by Crippen LogP contribution is 2.23. The molecule has 7 heteroatoms. The van der Waals surface area contributed by atoms with Crippen molar-refractivity contribution in [3.8, 4) is 0 Å². The second-order valence-corrected chi connectivity index (χ2v) is 5.64. The summed E-state index contributed by atoms with van der Waals surface area (Å²) in [5, 5.41) is 7.91. The first-order chi connectivity index (χ1) is 7.16. The molecule has 1 atom stereocenters. The number of amides is 1. The second-order valence-electron chi connectivity index (χ2n) is 3.41. The molecule has 4 nitrogen and oxygen atoms in total. The van der Waals surface area contributed by atoms with E-state index in [2.05, 4.69) is 15.6 Å². The number of nitrogens with one attached hydrogen (secondary N) is 2. The van der Waals surface area contributed by atoms with E-state index in [0.717, 1.165) is 27.3 Å². The monoisotopic (exact) mass is 279 g/mol. The Morgan fingerprint density at radius 2 is 2.31 bits per heavy atom. The van der Waals surface area contributed by atoms with Gasteiger partial charge in [0, 0.05) is 11.6 Å². The first-order valence-electron chi connectivity index (χ1n) is 4.73. The fraction of sp³-hybridized carbons (Fsp3) is 0.556. The maximum Gasteiger partial charge on any atom is 0.243 e. The van der Waals surface area contributed by atoms with Crippen LogP contribution in [-0.2, 0) is 4.79 Å². The Morgan fingerprint density at radius 3 is 2.81 bits per heavy atom. The van der Waals surface area contributed by atoms with Gasteiger partial charge in [0.05, 0.1) is 16.7 Å². The molecular weight excluding hydrogens is 266 g/mol. The number of thiazole rings is 1. The van der Waals surface area contributed by atoms with Gasteiger partial charge in [-0.1, -0.05) is 0 Å². The topological polar surface area (TPSA) is 54.0 Å². The SMILES string of the molecule is Cc1nc(C)c(NC(=O)C2CSCN2)s1.Cl. The van der Waals surface area contributed by atoms with Crippen molar-refractivity contribution in [2.45, 2.75) is 19.9 Å². The molecule has 1 aromatic rings. The van der Waals surface area contributed by atoms with Crippen molar-refractivity contribution in [2.24, 2.45) is 0 Å². The molecule has 0 bridgehead atoms. The van der Waals surface area contributed by atoms with Crippen LogP contribution in [-0.4, -0.2) is 28.6 Å². The number of halogens is 1. The summed E-state index contributed by atoms with van der Waals surface area (Å²) < 4.78 is 0. The summed E-state index contributed by atoms with van der Waals surface area (Å²) in [7, 11) is 0. The van der Waals surface area contributed by atoms with Crippen molar-refractivity contribution in [3.63, 3.8) is 0 Å². The lowest BCUT2D eigenvalue weighted by atomic mass is 10.3. The standard InChI is InChI=1S/C9H13N3OS2.ClH/c1-5-9(15-6(2)11-5)12-8(13)7-3-14-4-10-7;/h7,10H,3-4H2,1-2H3,(H,12,13);1H. The van der Waals surface area contributed by atoms with Gasteiger partial charge in [0.15, 0.2) is 0 Å². The largest absolute Gasteiger partial charge is 0.315 e. The predicted molar refractivity (Wildman–Crippen MR) is 71.7 cm³/mol. The van der Waals surface area contributed by atoms with E-state index in [4.69, 9.17) is 0 Å². The van der Waals surface area contributed by atoms with Crippen LogP contribution in [0.4, 0.5) is 5.00 Å². The molecule has 1 aromatic heterocycles. The van der Waals surface area contributed by atoms with Crippen LogP contribution in [0.3, 0.4) is 0 Å². The highest BCUT2D eigenvalue weighted by molar-refractivity contribution is 7.99. The van der Waals surface area contributed by atoms with Gasteiger partial charge in [-0.3, -0.25) is 10.1 Å². The minimum Gasteiger partial charge on any atom is -0.315 e. The smallest absolute Gasteiger partial charge is 0.243 e. The van der Waals surface area contributed by atoms with Crippen molar-refractivity contribution in [2.75, 3.05) is 16.9 Å². The van der Waals surface area contributed by atoms with E-state index in [0.29, 0.717) is 0 Å². The van der Waals surface area contributed by atoms with Crippen LogP contribution in [0.5, 0.6) is 0 Å². The summed E-state index contributed by atoms with van der Waals surface area (Å²) in [5.74, 6) is 1.76. The van der Waals surface area contributed by atoms with Gasteiger partial charge in [-0.05, 0) is 13.8 Å². The molecule has 0 spiro atoms. The molecule has 16 heavy (non-hydrogen) atoms. The predicted octanol–water partition coefficient (Wildman–Crippen LogP) is 1.78. The van der Waals surface area contributed by atoms with Gasteiger partial charge in [0.2, 0.25) is 5.91 Å². The van der Waals surface area contributed by atoms with Crippen molar-refractivity contribution in [1.29, 1.82) is 0 Å². The fourth-order valence-electron chi connectivity index (χ4n) is 1.41. The Kier molecular flexibility index (Phi) is 5.04. The number of carbonyl (C=O) groups excluding carboxylic acids is 1. The number of aromatic nitrogens is 1. The highest BCUT2D eigenvalue weighted by Gasteiger charge is 2.23. The van der Waals surface area contributed by atoms with Crippen LogP contribution < -0.4 is 10.6 Å². The first kappa shape index (κ1) is 13.8. The van der Waals surface area contributed by atoms with Gasteiger partial charge in [0.1, 0.15) is 5.00 Å². The lowest BCUT2D eigenvalue weighted by Gasteiger charge is -2.08. The van der Waals surface area contributed by atoms with Crippen LogP contribution in [0.25, 0.3) is 0 Å². The quantitative estimate of drug-likeness (QED) is 0.867. The molecule has 2 N–H and O–H groups in total. The summed E-state index contributed by atoms with van der Waals surface area (Å²) in [4.78, 5) is 16.0. The molecule has 0 aliphatic carbocycles. The van der Waals surface area contributed by atoms with Crippen LogP contribution in [0.15, 0.2) is 0 Å². The zero-order chi connectivity index (χ0) is 10.8. The molecule has 0 aromatic carbocycles. The first-order valence-corrected chi connectivity index (χ1v) is 6.70. The normalized spacial score (nSPS) is 19.2. The van der Waals surface area contributed by atoms with E-state index in [1.165, 1.54) is 11.3 Å². The van der Waals surface area contributed by atoms with Gasteiger partial charge >= 0.3 is 0 Å². The number of carbonyl (C=O) groups is 1.